The molecule has 30 heavy (non-hydrogen) atoms. The number of hydrogen-bond acceptors (Lipinski definition) is 4. The second-order valence-corrected chi connectivity index (χ2v) is 8.26. The van der Waals surface area contributed by atoms with E-state index in [2.05, 4.69) is 25.9 Å². The van der Waals surface area contributed by atoms with Gasteiger partial charge in [-0.05, 0) is 64.5 Å². The fourth-order valence-electron chi connectivity index (χ4n) is 2.73. The summed E-state index contributed by atoms with van der Waals surface area (Å²) in [7, 11) is 1.79. The fourth-order valence-corrected chi connectivity index (χ4v) is 3.16. The van der Waals surface area contributed by atoms with Crippen LogP contribution in [0.5, 0.6) is 5.88 Å². The van der Waals surface area contributed by atoms with Gasteiger partial charge in [-0.2, -0.15) is 4.98 Å². The molecule has 0 saturated heterocycles. The Hall–Kier alpha value is -1.99. The predicted octanol–water partition coefficient (Wildman–Crippen LogP) is 7.10. The fraction of sp³-hybridized carbons (Fsp3) is 0.364. The van der Waals surface area contributed by atoms with Crippen molar-refractivity contribution in [1.29, 1.82) is 0 Å². The first kappa shape index (κ1) is 24.3. The minimum atomic E-state index is -2.86. The molecule has 0 bridgehead atoms. The molecule has 0 radical (unpaired) electrons. The van der Waals surface area contributed by atoms with Crippen LogP contribution < -0.4 is 4.74 Å². The van der Waals surface area contributed by atoms with Crippen molar-refractivity contribution in [2.24, 2.45) is 0 Å². The second kappa shape index (κ2) is 10.4. The van der Waals surface area contributed by atoms with E-state index in [-0.39, 0.29) is 10.9 Å². The van der Waals surface area contributed by atoms with Gasteiger partial charge in [-0.25, -0.2) is 13.8 Å². The van der Waals surface area contributed by atoms with Crippen LogP contribution in [0.4, 0.5) is 8.78 Å². The number of ether oxygens (including phenoxy) is 1. The van der Waals surface area contributed by atoms with E-state index in [1.165, 1.54) is 19.3 Å². The maximum absolute atomic E-state index is 13.6. The Balaban J connectivity index is 2.23. The summed E-state index contributed by atoms with van der Waals surface area (Å²) in [6.45, 7) is 6.69. The van der Waals surface area contributed by atoms with Crippen molar-refractivity contribution in [3.8, 4) is 5.88 Å². The highest BCUT2D eigenvalue weighted by Gasteiger charge is 2.24. The molecular weight excluding hydrogens is 476 g/mol. The van der Waals surface area contributed by atoms with Crippen LogP contribution >= 0.6 is 27.5 Å². The first-order valence-corrected chi connectivity index (χ1v) is 10.6. The van der Waals surface area contributed by atoms with Gasteiger partial charge in [0.05, 0.1) is 4.47 Å². The molecule has 1 aromatic heterocycles. The van der Waals surface area contributed by atoms with E-state index >= 15 is 0 Å². The summed E-state index contributed by atoms with van der Waals surface area (Å²) in [4.78, 5) is 9.67. The summed E-state index contributed by atoms with van der Waals surface area (Å²) in [5.41, 5.74) is 3.88. The van der Waals surface area contributed by atoms with Gasteiger partial charge in [-0.3, -0.25) is 0 Å². The van der Waals surface area contributed by atoms with Crippen LogP contribution in [0, 0.1) is 0 Å². The second-order valence-electron chi connectivity index (χ2n) is 7.07. The Morgan fingerprint density at radius 1 is 1.27 bits per heavy atom. The Morgan fingerprint density at radius 2 is 1.90 bits per heavy atom. The van der Waals surface area contributed by atoms with Crippen molar-refractivity contribution in [3.63, 3.8) is 0 Å². The zero-order valence-electron chi connectivity index (χ0n) is 17.6. The lowest BCUT2D eigenvalue weighted by atomic mass is 10.0. The Labute approximate surface area is 189 Å². The van der Waals surface area contributed by atoms with Crippen LogP contribution in [0.3, 0.4) is 0 Å². The van der Waals surface area contributed by atoms with Crippen molar-refractivity contribution in [2.75, 3.05) is 7.05 Å². The zero-order chi connectivity index (χ0) is 22.5. The molecule has 2 rings (SSSR count). The van der Waals surface area contributed by atoms with E-state index in [1.807, 2.05) is 38.1 Å². The van der Waals surface area contributed by atoms with Gasteiger partial charge >= 0.3 is 0 Å². The number of rotatable bonds is 8. The Kier molecular flexibility index (Phi) is 8.38. The van der Waals surface area contributed by atoms with Gasteiger partial charge in [0.2, 0.25) is 11.2 Å². The Morgan fingerprint density at radius 3 is 2.47 bits per heavy atom. The third-order valence-corrected chi connectivity index (χ3v) is 5.38. The molecule has 4 nitrogen and oxygen atoms in total. The van der Waals surface area contributed by atoms with Gasteiger partial charge in [-0.15, -0.1) is 0 Å². The topological polar surface area (TPSA) is 38.3 Å². The number of nitrogens with zero attached hydrogens (tertiary/aromatic N) is 3. The number of halogens is 4. The third-order valence-electron chi connectivity index (χ3n) is 4.65. The summed E-state index contributed by atoms with van der Waals surface area (Å²) in [6.07, 6.45) is 3.83. The minimum Gasteiger partial charge on any atom is -0.472 e. The van der Waals surface area contributed by atoms with Crippen LogP contribution in [0.2, 0.25) is 5.28 Å². The molecule has 0 spiro atoms. The third kappa shape index (κ3) is 6.51. The lowest BCUT2D eigenvalue weighted by Gasteiger charge is -2.24. The van der Waals surface area contributed by atoms with E-state index in [1.54, 1.807) is 11.9 Å². The molecular formula is C22H25BrClF2N3O. The highest BCUT2D eigenvalue weighted by Crippen LogP contribution is 2.29. The van der Waals surface area contributed by atoms with Gasteiger partial charge in [-0.1, -0.05) is 31.2 Å². The molecule has 0 saturated carbocycles. The predicted molar refractivity (Wildman–Crippen MR) is 121 cm³/mol. The molecule has 162 valence electrons. The van der Waals surface area contributed by atoms with Crippen molar-refractivity contribution in [3.05, 3.63) is 68.7 Å². The number of hydrogen-bond donors (Lipinski definition) is 0. The van der Waals surface area contributed by atoms with Crippen molar-refractivity contribution < 1.29 is 13.5 Å². The smallest absolute Gasteiger partial charge is 0.268 e. The molecule has 2 aromatic rings. The van der Waals surface area contributed by atoms with E-state index in [0.717, 1.165) is 35.7 Å². The van der Waals surface area contributed by atoms with Gasteiger partial charge in [0.25, 0.3) is 5.92 Å². The molecule has 0 atom stereocenters. The van der Waals surface area contributed by atoms with Gasteiger partial charge in [0.15, 0.2) is 0 Å². The van der Waals surface area contributed by atoms with E-state index in [4.69, 9.17) is 16.3 Å². The normalized spacial score (nSPS) is 13.2. The Bertz CT molecular complexity index is 940. The van der Waals surface area contributed by atoms with Gasteiger partial charge in [0.1, 0.15) is 6.61 Å². The largest absolute Gasteiger partial charge is 0.472 e. The van der Waals surface area contributed by atoms with E-state index < -0.39 is 5.92 Å². The number of alkyl halides is 2. The van der Waals surface area contributed by atoms with E-state index in [9.17, 15) is 8.78 Å². The average Bonchev–Trinajstić information content (AvgIpc) is 2.68. The van der Waals surface area contributed by atoms with Crippen molar-refractivity contribution >= 4 is 33.2 Å². The summed E-state index contributed by atoms with van der Waals surface area (Å²) < 4.78 is 33.5. The standard InChI is InChI=1S/C22H25BrClF2N3O/c1-6-14(2)19(29(5)12-15(3)22(4,25)26)17-9-7-16(8-10-17)13-30-20-18(23)11-27-21(24)28-20/h7-12H,6,13H2,1-5H3/b15-12+,19-14?. The SMILES string of the molecule is CCC(C)=C(c1ccc(COc2nc(Cl)ncc2Br)cc1)N(C)/C=C(\C)C(C)(F)F. The molecule has 1 heterocycles. The summed E-state index contributed by atoms with van der Waals surface area (Å²) in [5.74, 6) is -2.50. The monoisotopic (exact) mass is 499 g/mol. The summed E-state index contributed by atoms with van der Waals surface area (Å²) in [5, 5.41) is 0.109. The molecule has 0 aliphatic heterocycles. The lowest BCUT2D eigenvalue weighted by molar-refractivity contribution is 0.0622. The molecule has 0 N–H and O–H groups in total. The first-order valence-electron chi connectivity index (χ1n) is 9.42. The molecule has 1 aromatic carbocycles. The van der Waals surface area contributed by atoms with Crippen molar-refractivity contribution in [2.45, 2.75) is 46.6 Å². The number of benzene rings is 1. The molecule has 0 aliphatic carbocycles. The lowest BCUT2D eigenvalue weighted by Crippen LogP contribution is -2.18. The first-order chi connectivity index (χ1) is 14.0. The minimum absolute atomic E-state index is 0.00510. The average molecular weight is 501 g/mol. The van der Waals surface area contributed by atoms with Gasteiger partial charge < -0.3 is 9.64 Å². The molecule has 0 aliphatic rings. The van der Waals surface area contributed by atoms with Gasteiger partial charge in [0, 0.05) is 37.6 Å². The highest BCUT2D eigenvalue weighted by molar-refractivity contribution is 9.10. The van der Waals surface area contributed by atoms with Crippen LogP contribution in [0.1, 0.15) is 45.2 Å². The molecule has 0 fully saturated rings. The maximum Gasteiger partial charge on any atom is 0.268 e. The van der Waals surface area contributed by atoms with Crippen LogP contribution in [0.15, 0.2) is 52.3 Å². The summed E-state index contributed by atoms with van der Waals surface area (Å²) in [6, 6.07) is 7.79. The molecule has 8 heteroatoms. The maximum atomic E-state index is 13.6. The quantitative estimate of drug-likeness (QED) is 0.362. The highest BCUT2D eigenvalue weighted by atomic mass is 79.9. The van der Waals surface area contributed by atoms with Crippen LogP contribution in [-0.2, 0) is 6.61 Å². The summed E-state index contributed by atoms with van der Waals surface area (Å²) >= 11 is 9.14. The zero-order valence-corrected chi connectivity index (χ0v) is 20.0. The number of aromatic nitrogens is 2. The number of allylic oxidation sites excluding steroid dienone is 2. The van der Waals surface area contributed by atoms with Crippen molar-refractivity contribution in [1.82, 2.24) is 14.9 Å². The molecule has 0 amide bonds. The van der Waals surface area contributed by atoms with E-state index in [0.29, 0.717) is 17.0 Å². The molecule has 0 unspecified atom stereocenters. The van der Waals surface area contributed by atoms with Crippen LogP contribution in [-0.4, -0.2) is 27.8 Å². The van der Waals surface area contributed by atoms with Crippen LogP contribution in [0.25, 0.3) is 5.70 Å².